The zero-order chi connectivity index (χ0) is 15.3. The Morgan fingerprint density at radius 1 is 1.20 bits per heavy atom. The molecule has 0 aliphatic rings. The molecule has 0 amide bonds. The Morgan fingerprint density at radius 3 is 2.35 bits per heavy atom. The lowest BCUT2D eigenvalue weighted by Crippen LogP contribution is -2.28. The van der Waals surface area contributed by atoms with E-state index in [0.717, 1.165) is 5.56 Å². The van der Waals surface area contributed by atoms with Gasteiger partial charge in [0.05, 0.1) is 0 Å². The minimum absolute atomic E-state index is 0.169. The summed E-state index contributed by atoms with van der Waals surface area (Å²) in [5.41, 5.74) is 0.721. The van der Waals surface area contributed by atoms with E-state index in [1.54, 1.807) is 6.07 Å². The maximum absolute atomic E-state index is 13.9. The van der Waals surface area contributed by atoms with E-state index in [4.69, 9.17) is 0 Å². The standard InChI is InChI=1S/C14H23FN2O2S/c1-10(2)8-17-20(18,19)14-6-5-12(7-13(14)15)9-16-11(3)4/h5-7,10-11,16-17H,8-9H2,1-4H3. The number of sulfonamides is 1. The summed E-state index contributed by atoms with van der Waals surface area (Å²) in [7, 11) is -3.78. The van der Waals surface area contributed by atoms with Gasteiger partial charge in [-0.25, -0.2) is 17.5 Å². The second kappa shape index (κ2) is 7.15. The molecule has 0 aliphatic heterocycles. The molecule has 114 valence electrons. The minimum Gasteiger partial charge on any atom is -0.310 e. The highest BCUT2D eigenvalue weighted by Crippen LogP contribution is 2.16. The Morgan fingerprint density at radius 2 is 1.85 bits per heavy atom. The van der Waals surface area contributed by atoms with Crippen molar-refractivity contribution in [3.8, 4) is 0 Å². The molecule has 0 fully saturated rings. The van der Waals surface area contributed by atoms with E-state index in [-0.39, 0.29) is 16.9 Å². The molecule has 0 heterocycles. The van der Waals surface area contributed by atoms with Crippen LogP contribution in [-0.4, -0.2) is 21.0 Å². The minimum atomic E-state index is -3.78. The fourth-order valence-electron chi connectivity index (χ4n) is 1.55. The predicted molar refractivity (Wildman–Crippen MR) is 78.4 cm³/mol. The first-order chi connectivity index (χ1) is 9.22. The van der Waals surface area contributed by atoms with Gasteiger partial charge in [-0.2, -0.15) is 0 Å². The zero-order valence-electron chi connectivity index (χ0n) is 12.4. The molecule has 0 unspecified atom stereocenters. The molecule has 4 nitrogen and oxygen atoms in total. The van der Waals surface area contributed by atoms with Crippen molar-refractivity contribution in [2.24, 2.45) is 5.92 Å². The Balaban J connectivity index is 2.87. The molecule has 0 spiro atoms. The second-order valence-electron chi connectivity index (χ2n) is 5.55. The van der Waals surface area contributed by atoms with Crippen LogP contribution in [0.5, 0.6) is 0 Å². The van der Waals surface area contributed by atoms with Crippen LogP contribution in [0.25, 0.3) is 0 Å². The summed E-state index contributed by atoms with van der Waals surface area (Å²) in [5, 5.41) is 3.16. The summed E-state index contributed by atoms with van der Waals surface area (Å²) in [6.07, 6.45) is 0. The van der Waals surface area contributed by atoms with Crippen LogP contribution < -0.4 is 10.0 Å². The van der Waals surface area contributed by atoms with Gasteiger partial charge in [-0.15, -0.1) is 0 Å². The Hall–Kier alpha value is -0.980. The molecule has 1 aromatic rings. The third-order valence-electron chi connectivity index (χ3n) is 2.68. The van der Waals surface area contributed by atoms with Gasteiger partial charge in [-0.1, -0.05) is 33.8 Å². The maximum atomic E-state index is 13.9. The maximum Gasteiger partial charge on any atom is 0.243 e. The number of halogens is 1. The third-order valence-corrected chi connectivity index (χ3v) is 4.14. The van der Waals surface area contributed by atoms with E-state index < -0.39 is 15.8 Å². The molecule has 1 aromatic carbocycles. The largest absolute Gasteiger partial charge is 0.310 e. The quantitative estimate of drug-likeness (QED) is 0.812. The van der Waals surface area contributed by atoms with Gasteiger partial charge >= 0.3 is 0 Å². The number of hydrogen-bond donors (Lipinski definition) is 2. The average Bonchev–Trinajstić information content (AvgIpc) is 2.34. The highest BCUT2D eigenvalue weighted by atomic mass is 32.2. The first-order valence-corrected chi connectivity index (χ1v) is 8.22. The first-order valence-electron chi connectivity index (χ1n) is 6.74. The summed E-state index contributed by atoms with van der Waals surface area (Å²) in [6.45, 7) is 8.56. The van der Waals surface area contributed by atoms with Crippen LogP contribution in [0, 0.1) is 11.7 Å². The van der Waals surface area contributed by atoms with Gasteiger partial charge in [-0.05, 0) is 23.6 Å². The third kappa shape index (κ3) is 5.19. The van der Waals surface area contributed by atoms with Gasteiger partial charge in [0.1, 0.15) is 10.7 Å². The lowest BCUT2D eigenvalue weighted by molar-refractivity contribution is 0.540. The summed E-state index contributed by atoms with van der Waals surface area (Å²) in [5.74, 6) is -0.549. The van der Waals surface area contributed by atoms with Crippen LogP contribution in [0.1, 0.15) is 33.3 Å². The number of nitrogens with one attached hydrogen (secondary N) is 2. The van der Waals surface area contributed by atoms with Crippen molar-refractivity contribution in [1.29, 1.82) is 0 Å². The molecule has 0 aromatic heterocycles. The SMILES string of the molecule is CC(C)CNS(=O)(=O)c1ccc(CNC(C)C)cc1F. The van der Waals surface area contributed by atoms with E-state index in [1.165, 1.54) is 12.1 Å². The van der Waals surface area contributed by atoms with E-state index in [9.17, 15) is 12.8 Å². The molecule has 20 heavy (non-hydrogen) atoms. The van der Waals surface area contributed by atoms with Gasteiger partial charge < -0.3 is 5.32 Å². The van der Waals surface area contributed by atoms with Crippen LogP contribution in [0.15, 0.2) is 23.1 Å². The Labute approximate surface area is 120 Å². The van der Waals surface area contributed by atoms with Crippen LogP contribution in [-0.2, 0) is 16.6 Å². The summed E-state index contributed by atoms with van der Waals surface area (Å²) < 4.78 is 40.3. The lowest BCUT2D eigenvalue weighted by atomic mass is 10.2. The van der Waals surface area contributed by atoms with Gasteiger partial charge in [0, 0.05) is 19.1 Å². The van der Waals surface area contributed by atoms with Crippen molar-refractivity contribution in [2.45, 2.75) is 45.2 Å². The second-order valence-corrected chi connectivity index (χ2v) is 7.28. The van der Waals surface area contributed by atoms with Crippen LogP contribution >= 0.6 is 0 Å². The molecule has 0 radical (unpaired) electrons. The molecule has 0 atom stereocenters. The zero-order valence-corrected chi connectivity index (χ0v) is 13.2. The number of benzene rings is 1. The summed E-state index contributed by atoms with van der Waals surface area (Å²) >= 11 is 0. The normalized spacial score (nSPS) is 12.3. The highest BCUT2D eigenvalue weighted by molar-refractivity contribution is 7.89. The predicted octanol–water partition coefficient (Wildman–Crippen LogP) is 2.26. The van der Waals surface area contributed by atoms with E-state index in [0.29, 0.717) is 13.1 Å². The summed E-state index contributed by atoms with van der Waals surface area (Å²) in [4.78, 5) is -0.300. The van der Waals surface area contributed by atoms with Crippen LogP contribution in [0.4, 0.5) is 4.39 Å². The van der Waals surface area contributed by atoms with Crippen molar-refractivity contribution in [2.75, 3.05) is 6.54 Å². The molecule has 0 aliphatic carbocycles. The van der Waals surface area contributed by atoms with Crippen molar-refractivity contribution >= 4 is 10.0 Å². The van der Waals surface area contributed by atoms with E-state index >= 15 is 0 Å². The summed E-state index contributed by atoms with van der Waals surface area (Å²) in [6, 6.07) is 4.49. The van der Waals surface area contributed by atoms with Gasteiger partial charge in [0.15, 0.2) is 0 Å². The fraction of sp³-hybridized carbons (Fsp3) is 0.571. The van der Waals surface area contributed by atoms with E-state index in [2.05, 4.69) is 10.0 Å². The van der Waals surface area contributed by atoms with Crippen LogP contribution in [0.2, 0.25) is 0 Å². The Kier molecular flexibility index (Phi) is 6.10. The molecule has 0 saturated carbocycles. The molecular formula is C14H23FN2O2S. The molecule has 6 heteroatoms. The van der Waals surface area contributed by atoms with Crippen molar-refractivity contribution < 1.29 is 12.8 Å². The first kappa shape index (κ1) is 17.1. The van der Waals surface area contributed by atoms with E-state index in [1.807, 2.05) is 27.7 Å². The van der Waals surface area contributed by atoms with Crippen molar-refractivity contribution in [1.82, 2.24) is 10.0 Å². The van der Waals surface area contributed by atoms with Crippen molar-refractivity contribution in [3.63, 3.8) is 0 Å². The van der Waals surface area contributed by atoms with Gasteiger partial charge in [0.25, 0.3) is 0 Å². The topological polar surface area (TPSA) is 58.2 Å². The van der Waals surface area contributed by atoms with Crippen molar-refractivity contribution in [3.05, 3.63) is 29.6 Å². The molecule has 0 bridgehead atoms. The van der Waals surface area contributed by atoms with Gasteiger partial charge in [-0.3, -0.25) is 0 Å². The highest BCUT2D eigenvalue weighted by Gasteiger charge is 2.19. The Bertz CT molecular complexity index is 542. The molecule has 2 N–H and O–H groups in total. The monoisotopic (exact) mass is 302 g/mol. The fourth-order valence-corrected chi connectivity index (χ4v) is 2.82. The van der Waals surface area contributed by atoms with Crippen LogP contribution in [0.3, 0.4) is 0 Å². The van der Waals surface area contributed by atoms with Gasteiger partial charge in [0.2, 0.25) is 10.0 Å². The molecular weight excluding hydrogens is 279 g/mol. The average molecular weight is 302 g/mol. The lowest BCUT2D eigenvalue weighted by Gasteiger charge is -2.12. The molecule has 1 rings (SSSR count). The number of rotatable bonds is 7. The molecule has 0 saturated heterocycles. The smallest absolute Gasteiger partial charge is 0.243 e. The number of hydrogen-bond acceptors (Lipinski definition) is 3.